The van der Waals surface area contributed by atoms with Crippen LogP contribution in [0.1, 0.15) is 22.2 Å². The first-order valence-electron chi connectivity index (χ1n) is 11.2. The number of hydrogen-bond acceptors (Lipinski definition) is 6. The maximum atomic E-state index is 13.9. The molecule has 6 nitrogen and oxygen atoms in total. The van der Waals surface area contributed by atoms with E-state index >= 15 is 0 Å². The van der Waals surface area contributed by atoms with Crippen molar-refractivity contribution in [3.8, 4) is 0 Å². The Bertz CT molecular complexity index is 1460. The van der Waals surface area contributed by atoms with Gasteiger partial charge >= 0.3 is 0 Å². The summed E-state index contributed by atoms with van der Waals surface area (Å²) in [6, 6.07) is 21.6. The van der Waals surface area contributed by atoms with Crippen molar-refractivity contribution in [2.24, 2.45) is 0 Å². The number of carbonyl (C=O) groups is 1. The van der Waals surface area contributed by atoms with Crippen LogP contribution in [-0.2, 0) is 17.9 Å². The third kappa shape index (κ3) is 5.76. The summed E-state index contributed by atoms with van der Waals surface area (Å²) >= 11 is 2.88. The minimum atomic E-state index is -0.739. The Balaban J connectivity index is 1.43. The van der Waals surface area contributed by atoms with E-state index in [1.165, 1.54) is 30.1 Å². The molecule has 2 aromatic carbocycles. The van der Waals surface area contributed by atoms with E-state index in [0.717, 1.165) is 20.7 Å². The molecule has 0 aliphatic carbocycles. The second-order valence-corrected chi connectivity index (χ2v) is 10.1. The van der Waals surface area contributed by atoms with Gasteiger partial charge in [-0.2, -0.15) is 0 Å². The number of aromatic amines is 1. The van der Waals surface area contributed by atoms with Gasteiger partial charge in [0, 0.05) is 21.4 Å². The zero-order valence-corrected chi connectivity index (χ0v) is 20.7. The highest BCUT2D eigenvalue weighted by Crippen LogP contribution is 2.27. The van der Waals surface area contributed by atoms with Crippen molar-refractivity contribution in [3.63, 3.8) is 0 Å². The van der Waals surface area contributed by atoms with Crippen molar-refractivity contribution in [3.05, 3.63) is 123 Å². The minimum Gasteiger partial charge on any atom is -0.467 e. The molecule has 0 bridgehead atoms. The van der Waals surface area contributed by atoms with Gasteiger partial charge in [0.2, 0.25) is 11.5 Å². The molecule has 0 radical (unpaired) electrons. The number of benzene rings is 2. The van der Waals surface area contributed by atoms with E-state index in [4.69, 9.17) is 4.42 Å². The summed E-state index contributed by atoms with van der Waals surface area (Å²) in [7, 11) is 0. The van der Waals surface area contributed by atoms with Gasteiger partial charge in [-0.05, 0) is 82.9 Å². The van der Waals surface area contributed by atoms with E-state index < -0.39 is 6.04 Å². The number of H-pyrrole nitrogens is 1. The molecule has 2 N–H and O–H groups in total. The number of carbonyl (C=O) groups excluding carboxylic acids is 1. The van der Waals surface area contributed by atoms with Gasteiger partial charge in [0.05, 0.1) is 19.4 Å². The summed E-state index contributed by atoms with van der Waals surface area (Å²) in [5, 5.41) is 2.85. The van der Waals surface area contributed by atoms with Crippen LogP contribution < -0.4 is 10.3 Å². The molecule has 0 spiro atoms. The number of fused-ring (bicyclic) bond motifs is 1. The number of aromatic nitrogens is 1. The lowest BCUT2D eigenvalue weighted by Crippen LogP contribution is -2.38. The fraction of sp³-hybridized carbons (Fsp3) is 0.111. The normalized spacial score (nSPS) is 12.0. The Kier molecular flexibility index (Phi) is 7.31. The smallest absolute Gasteiger partial charge is 0.248 e. The maximum absolute atomic E-state index is 13.9. The molecule has 0 aliphatic rings. The molecule has 1 amide bonds. The van der Waals surface area contributed by atoms with Crippen molar-refractivity contribution in [1.29, 1.82) is 0 Å². The van der Waals surface area contributed by atoms with Crippen molar-refractivity contribution < 1.29 is 13.6 Å². The minimum absolute atomic E-state index is 0.162. The number of amides is 1. The molecular weight excluding hydrogens is 497 g/mol. The van der Waals surface area contributed by atoms with Gasteiger partial charge in [0.1, 0.15) is 17.6 Å². The van der Waals surface area contributed by atoms with Crippen LogP contribution in [0.25, 0.3) is 10.9 Å². The number of rotatable bonds is 9. The predicted octanol–water partition coefficient (Wildman–Crippen LogP) is 5.89. The average Bonchev–Trinajstić information content (AvgIpc) is 3.59. The SMILES string of the molecule is O=C([C@H](NSc1ccc2[nH]c(=O)ccc2c1)c1ccc(F)cc1)N(Cc1ccco1)Cc1cccs1. The molecule has 0 fully saturated rings. The number of nitrogens with one attached hydrogen (secondary N) is 2. The monoisotopic (exact) mass is 519 g/mol. The molecule has 1 atom stereocenters. The van der Waals surface area contributed by atoms with Gasteiger partial charge < -0.3 is 14.3 Å². The molecule has 9 heteroatoms. The molecule has 0 aliphatic heterocycles. The highest BCUT2D eigenvalue weighted by Gasteiger charge is 2.27. The van der Waals surface area contributed by atoms with Crippen LogP contribution in [0.15, 0.2) is 105 Å². The van der Waals surface area contributed by atoms with Gasteiger partial charge in [-0.15, -0.1) is 11.3 Å². The second kappa shape index (κ2) is 10.9. The molecule has 0 unspecified atom stereocenters. The first kappa shape index (κ1) is 24.1. The lowest BCUT2D eigenvalue weighted by atomic mass is 10.1. The fourth-order valence-electron chi connectivity index (χ4n) is 3.81. The maximum Gasteiger partial charge on any atom is 0.248 e. The van der Waals surface area contributed by atoms with E-state index in [9.17, 15) is 14.0 Å². The van der Waals surface area contributed by atoms with Crippen molar-refractivity contribution in [2.45, 2.75) is 24.0 Å². The topological polar surface area (TPSA) is 78.3 Å². The highest BCUT2D eigenvalue weighted by molar-refractivity contribution is 7.97. The Hall–Kier alpha value is -3.66. The molecule has 3 aromatic heterocycles. The van der Waals surface area contributed by atoms with E-state index in [-0.39, 0.29) is 17.3 Å². The molecule has 5 aromatic rings. The van der Waals surface area contributed by atoms with Gasteiger partial charge in [-0.25, -0.2) is 9.11 Å². The summed E-state index contributed by atoms with van der Waals surface area (Å²) in [5.41, 5.74) is 1.22. The number of nitrogens with zero attached hydrogens (tertiary/aromatic N) is 1. The van der Waals surface area contributed by atoms with Gasteiger partial charge in [-0.1, -0.05) is 18.2 Å². The Morgan fingerprint density at radius 2 is 1.92 bits per heavy atom. The Morgan fingerprint density at radius 3 is 2.67 bits per heavy atom. The molecule has 36 heavy (non-hydrogen) atoms. The largest absolute Gasteiger partial charge is 0.467 e. The zero-order chi connectivity index (χ0) is 24.9. The van der Waals surface area contributed by atoms with E-state index in [1.807, 2.05) is 41.8 Å². The van der Waals surface area contributed by atoms with Crippen LogP contribution in [-0.4, -0.2) is 15.8 Å². The molecule has 182 valence electrons. The predicted molar refractivity (Wildman–Crippen MR) is 140 cm³/mol. The summed E-state index contributed by atoms with van der Waals surface area (Å²) in [5.74, 6) is 0.144. The first-order valence-corrected chi connectivity index (χ1v) is 12.9. The summed E-state index contributed by atoms with van der Waals surface area (Å²) in [4.78, 5) is 32.0. The second-order valence-electron chi connectivity index (χ2n) is 8.13. The van der Waals surface area contributed by atoms with Crippen molar-refractivity contribution >= 4 is 40.1 Å². The van der Waals surface area contributed by atoms with Crippen molar-refractivity contribution in [1.82, 2.24) is 14.6 Å². The summed E-state index contributed by atoms with van der Waals surface area (Å²) < 4.78 is 22.5. The average molecular weight is 520 g/mol. The summed E-state index contributed by atoms with van der Waals surface area (Å²) in [6.07, 6.45) is 1.58. The molecule has 5 rings (SSSR count). The third-order valence-corrected chi connectivity index (χ3v) is 7.31. The van der Waals surface area contributed by atoms with Gasteiger partial charge in [-0.3, -0.25) is 9.59 Å². The Labute approximate surface area is 214 Å². The van der Waals surface area contributed by atoms with Crippen LogP contribution in [0.4, 0.5) is 4.39 Å². The number of thiophene rings is 1. The molecule has 0 saturated heterocycles. The lowest BCUT2D eigenvalue weighted by Gasteiger charge is -2.27. The van der Waals surface area contributed by atoms with Gasteiger partial charge in [0.15, 0.2) is 0 Å². The van der Waals surface area contributed by atoms with Gasteiger partial charge in [0.25, 0.3) is 0 Å². The van der Waals surface area contributed by atoms with Crippen LogP contribution in [0.5, 0.6) is 0 Å². The number of furan rings is 1. The standard InChI is InChI=1S/C27H22FN3O3S2/c28-20-8-5-18(6-9-20)26(30-36-22-10-11-24-19(15-22)7-12-25(32)29-24)27(33)31(16-21-3-1-13-34-21)17-23-4-2-14-35-23/h1-15,26,30H,16-17H2,(H,29,32)/t26-/m1/s1. The van der Waals surface area contributed by atoms with Crippen LogP contribution >= 0.6 is 23.3 Å². The van der Waals surface area contributed by atoms with Crippen molar-refractivity contribution in [2.75, 3.05) is 0 Å². The first-order chi connectivity index (χ1) is 17.5. The van der Waals surface area contributed by atoms with Crippen LogP contribution in [0.2, 0.25) is 0 Å². The number of halogens is 1. The fourth-order valence-corrected chi connectivity index (χ4v) is 5.35. The number of pyridine rings is 1. The summed E-state index contributed by atoms with van der Waals surface area (Å²) in [6.45, 7) is 0.724. The van der Waals surface area contributed by atoms with E-state index in [0.29, 0.717) is 24.4 Å². The molecule has 0 saturated carbocycles. The Morgan fingerprint density at radius 1 is 1.06 bits per heavy atom. The highest BCUT2D eigenvalue weighted by atomic mass is 32.2. The molecular formula is C27H22FN3O3S2. The number of hydrogen-bond donors (Lipinski definition) is 2. The zero-order valence-electron chi connectivity index (χ0n) is 19.0. The third-order valence-electron chi connectivity index (χ3n) is 5.61. The molecule has 3 heterocycles. The van der Waals surface area contributed by atoms with Crippen LogP contribution in [0.3, 0.4) is 0 Å². The van der Waals surface area contributed by atoms with E-state index in [1.54, 1.807) is 46.8 Å². The van der Waals surface area contributed by atoms with E-state index in [2.05, 4.69) is 9.71 Å². The van der Waals surface area contributed by atoms with Crippen LogP contribution in [0, 0.1) is 5.82 Å². The lowest BCUT2D eigenvalue weighted by molar-refractivity contribution is -0.134. The quantitative estimate of drug-likeness (QED) is 0.238.